The molecule has 0 radical (unpaired) electrons. The summed E-state index contributed by atoms with van der Waals surface area (Å²) in [6.45, 7) is -0.266. The van der Waals surface area contributed by atoms with E-state index in [0.29, 0.717) is 21.2 Å². The molecule has 0 aromatic heterocycles. The highest BCUT2D eigenvalue weighted by Gasteiger charge is 2.13. The van der Waals surface area contributed by atoms with Crippen LogP contribution in [0.4, 0.5) is 0 Å². The SMILES string of the molecule is O=C(CNC(=O)c1ccc(Cl)cc1)N/N=C/c1cccc(OC(=O)c2ccc(Cl)cc2Cl)c1. The van der Waals surface area contributed by atoms with Crippen molar-refractivity contribution in [1.82, 2.24) is 10.7 Å². The van der Waals surface area contributed by atoms with E-state index in [1.807, 2.05) is 0 Å². The average molecular weight is 505 g/mol. The maximum absolute atomic E-state index is 12.3. The minimum absolute atomic E-state index is 0.174. The van der Waals surface area contributed by atoms with Crippen LogP contribution >= 0.6 is 34.8 Å². The molecule has 3 aromatic carbocycles. The maximum atomic E-state index is 12.3. The molecule has 0 saturated heterocycles. The van der Waals surface area contributed by atoms with Crippen LogP contribution in [0.2, 0.25) is 15.1 Å². The van der Waals surface area contributed by atoms with Gasteiger partial charge in [0.25, 0.3) is 11.8 Å². The molecule has 10 heteroatoms. The first kappa shape index (κ1) is 24.3. The lowest BCUT2D eigenvalue weighted by atomic mass is 10.2. The van der Waals surface area contributed by atoms with Crippen LogP contribution in [0.5, 0.6) is 5.75 Å². The number of hydrazone groups is 1. The van der Waals surface area contributed by atoms with Crippen LogP contribution in [-0.2, 0) is 4.79 Å². The Morgan fingerprint density at radius 2 is 1.64 bits per heavy atom. The summed E-state index contributed by atoms with van der Waals surface area (Å²) in [6, 6.07) is 17.2. The van der Waals surface area contributed by atoms with E-state index in [-0.39, 0.29) is 22.9 Å². The van der Waals surface area contributed by atoms with Crippen LogP contribution in [0.15, 0.2) is 71.8 Å². The van der Waals surface area contributed by atoms with Crippen LogP contribution in [0.25, 0.3) is 0 Å². The van der Waals surface area contributed by atoms with Crippen LogP contribution in [0.1, 0.15) is 26.3 Å². The van der Waals surface area contributed by atoms with Crippen LogP contribution in [0, 0.1) is 0 Å². The van der Waals surface area contributed by atoms with Crippen molar-refractivity contribution in [2.75, 3.05) is 6.54 Å². The largest absolute Gasteiger partial charge is 0.423 e. The molecular weight excluding hydrogens is 489 g/mol. The van der Waals surface area contributed by atoms with Gasteiger partial charge in [0.2, 0.25) is 0 Å². The Morgan fingerprint density at radius 1 is 0.909 bits per heavy atom. The van der Waals surface area contributed by atoms with E-state index in [9.17, 15) is 14.4 Å². The average Bonchev–Trinajstić information content (AvgIpc) is 2.78. The number of ether oxygens (including phenoxy) is 1. The standard InChI is InChI=1S/C23H16Cl3N3O4/c24-16-6-4-15(5-7-16)22(31)27-13-21(30)29-28-12-14-2-1-3-18(10-14)33-23(32)19-9-8-17(25)11-20(19)26/h1-12H,13H2,(H,27,31)(H,29,30)/b28-12+. The summed E-state index contributed by atoms with van der Waals surface area (Å²) >= 11 is 17.6. The first-order chi connectivity index (χ1) is 15.8. The number of halogens is 3. The minimum Gasteiger partial charge on any atom is -0.423 e. The van der Waals surface area contributed by atoms with Gasteiger partial charge in [0.1, 0.15) is 5.75 Å². The molecule has 0 fully saturated rings. The molecule has 2 N–H and O–H groups in total. The molecule has 0 saturated carbocycles. The summed E-state index contributed by atoms with van der Waals surface area (Å²) in [5, 5.41) is 7.40. The van der Waals surface area contributed by atoms with Crippen molar-refractivity contribution in [2.45, 2.75) is 0 Å². The third kappa shape index (κ3) is 7.32. The molecule has 0 spiro atoms. The van der Waals surface area contributed by atoms with Crippen molar-refractivity contribution < 1.29 is 19.1 Å². The van der Waals surface area contributed by atoms with Gasteiger partial charge in [-0.1, -0.05) is 46.9 Å². The first-order valence-electron chi connectivity index (χ1n) is 9.45. The van der Waals surface area contributed by atoms with Gasteiger partial charge in [-0.05, 0) is 60.2 Å². The fraction of sp³-hybridized carbons (Fsp3) is 0.0435. The summed E-state index contributed by atoms with van der Waals surface area (Å²) < 4.78 is 5.33. The highest BCUT2D eigenvalue weighted by atomic mass is 35.5. The highest BCUT2D eigenvalue weighted by Crippen LogP contribution is 2.23. The Morgan fingerprint density at radius 3 is 2.36 bits per heavy atom. The summed E-state index contributed by atoms with van der Waals surface area (Å²) in [5.74, 6) is -1.32. The fourth-order valence-corrected chi connectivity index (χ4v) is 3.17. The smallest absolute Gasteiger partial charge is 0.345 e. The predicted molar refractivity (Wildman–Crippen MR) is 127 cm³/mol. The van der Waals surface area contributed by atoms with Gasteiger partial charge in [0.15, 0.2) is 0 Å². The Bertz CT molecular complexity index is 1210. The van der Waals surface area contributed by atoms with Crippen molar-refractivity contribution in [2.24, 2.45) is 5.10 Å². The molecule has 0 bridgehead atoms. The molecule has 0 aliphatic carbocycles. The van der Waals surface area contributed by atoms with Crippen LogP contribution < -0.4 is 15.5 Å². The molecule has 2 amide bonds. The Hall–Kier alpha value is -3.39. The molecule has 0 heterocycles. The lowest BCUT2D eigenvalue weighted by Gasteiger charge is -2.07. The number of benzene rings is 3. The van der Waals surface area contributed by atoms with Gasteiger partial charge in [0.05, 0.1) is 23.3 Å². The second-order valence-electron chi connectivity index (χ2n) is 6.57. The number of rotatable bonds is 7. The molecule has 0 atom stereocenters. The third-order valence-corrected chi connectivity index (χ3v) is 4.94. The molecule has 3 aromatic rings. The second kappa shape index (κ2) is 11.5. The quantitative estimate of drug-likeness (QED) is 0.210. The number of hydrogen-bond acceptors (Lipinski definition) is 5. The molecular formula is C23H16Cl3N3O4. The maximum Gasteiger partial charge on any atom is 0.345 e. The first-order valence-corrected chi connectivity index (χ1v) is 10.6. The van der Waals surface area contributed by atoms with Gasteiger partial charge in [-0.2, -0.15) is 5.10 Å². The van der Waals surface area contributed by atoms with Crippen molar-refractivity contribution in [1.29, 1.82) is 0 Å². The minimum atomic E-state index is -0.643. The molecule has 168 valence electrons. The van der Waals surface area contributed by atoms with Crippen molar-refractivity contribution >= 4 is 58.8 Å². The predicted octanol–water partition coefficient (Wildman–Crippen LogP) is 4.75. The van der Waals surface area contributed by atoms with E-state index in [0.717, 1.165) is 0 Å². The highest BCUT2D eigenvalue weighted by molar-refractivity contribution is 6.36. The number of carbonyl (C=O) groups is 3. The van der Waals surface area contributed by atoms with Gasteiger partial charge in [-0.3, -0.25) is 9.59 Å². The van der Waals surface area contributed by atoms with Gasteiger partial charge in [-0.15, -0.1) is 0 Å². The van der Waals surface area contributed by atoms with E-state index in [2.05, 4.69) is 15.8 Å². The van der Waals surface area contributed by atoms with Crippen molar-refractivity contribution in [3.8, 4) is 5.75 Å². The number of nitrogens with zero attached hydrogens (tertiary/aromatic N) is 1. The molecule has 0 aliphatic rings. The molecule has 33 heavy (non-hydrogen) atoms. The summed E-state index contributed by atoms with van der Waals surface area (Å²) in [5.41, 5.74) is 3.42. The fourth-order valence-electron chi connectivity index (χ4n) is 2.56. The third-order valence-electron chi connectivity index (χ3n) is 4.14. The van der Waals surface area contributed by atoms with E-state index >= 15 is 0 Å². The number of esters is 1. The molecule has 0 aliphatic heterocycles. The number of nitrogens with one attached hydrogen (secondary N) is 2. The molecule has 0 unspecified atom stereocenters. The number of carbonyl (C=O) groups excluding carboxylic acids is 3. The molecule has 7 nitrogen and oxygen atoms in total. The van der Waals surface area contributed by atoms with E-state index < -0.39 is 17.8 Å². The Balaban J connectivity index is 1.51. The Labute approximate surface area is 204 Å². The van der Waals surface area contributed by atoms with Gasteiger partial charge < -0.3 is 10.1 Å². The Kier molecular flexibility index (Phi) is 8.43. The zero-order chi connectivity index (χ0) is 23.8. The summed E-state index contributed by atoms with van der Waals surface area (Å²) in [7, 11) is 0. The number of hydrogen-bond donors (Lipinski definition) is 2. The van der Waals surface area contributed by atoms with E-state index in [4.69, 9.17) is 39.5 Å². The molecule has 3 rings (SSSR count). The monoisotopic (exact) mass is 503 g/mol. The van der Waals surface area contributed by atoms with Crippen molar-refractivity contribution in [3.63, 3.8) is 0 Å². The normalized spacial score (nSPS) is 10.6. The van der Waals surface area contributed by atoms with Crippen molar-refractivity contribution in [3.05, 3.63) is 98.5 Å². The zero-order valence-electron chi connectivity index (χ0n) is 16.8. The topological polar surface area (TPSA) is 96.9 Å². The lowest BCUT2D eigenvalue weighted by Crippen LogP contribution is -2.34. The van der Waals surface area contributed by atoms with E-state index in [1.54, 1.807) is 48.5 Å². The van der Waals surface area contributed by atoms with Crippen LogP contribution in [0.3, 0.4) is 0 Å². The number of amides is 2. The lowest BCUT2D eigenvalue weighted by molar-refractivity contribution is -0.120. The van der Waals surface area contributed by atoms with Gasteiger partial charge >= 0.3 is 5.97 Å². The summed E-state index contributed by atoms with van der Waals surface area (Å²) in [6.07, 6.45) is 1.37. The van der Waals surface area contributed by atoms with Crippen LogP contribution in [-0.4, -0.2) is 30.5 Å². The summed E-state index contributed by atoms with van der Waals surface area (Å²) in [4.78, 5) is 36.2. The van der Waals surface area contributed by atoms with Gasteiger partial charge in [0, 0.05) is 15.6 Å². The second-order valence-corrected chi connectivity index (χ2v) is 7.85. The van der Waals surface area contributed by atoms with Gasteiger partial charge in [-0.25, -0.2) is 10.2 Å². The van der Waals surface area contributed by atoms with E-state index in [1.165, 1.54) is 24.4 Å². The zero-order valence-corrected chi connectivity index (χ0v) is 19.1.